The van der Waals surface area contributed by atoms with Gasteiger partial charge in [-0.05, 0) is 0 Å². The molecule has 0 unspecified atom stereocenters. The molecule has 176 valence electrons. The van der Waals surface area contributed by atoms with Crippen LogP contribution in [0, 0.1) is 5.82 Å². The van der Waals surface area contributed by atoms with Gasteiger partial charge in [0.15, 0.2) is 12.5 Å². The van der Waals surface area contributed by atoms with Gasteiger partial charge in [0.1, 0.15) is 48.8 Å². The molecule has 3 heterocycles. The Hall–Kier alpha value is -1.79. The summed E-state index contributed by atoms with van der Waals surface area (Å²) in [5.74, 6) is -1.59. The number of ether oxygens (including phenoxy) is 2. The monoisotopic (exact) mass is 454 g/mol. The standard InChI is InChI=1S/C16H23FN2O12/c17-4-1-18(14-11(26)9(24)7(22)5(2-20)30-14)16(29)19(13(4)28)15-12(27)10(25)8(23)6(3-21)31-15/h1,5-12,14-15,20-27H,2-3H2/t5-,6-,7+,8+,9+,10+,11-,12-,14-,15-/m1/s1. The highest BCUT2D eigenvalue weighted by Crippen LogP contribution is 2.29. The van der Waals surface area contributed by atoms with Crippen LogP contribution in [-0.2, 0) is 9.47 Å². The molecule has 2 saturated heterocycles. The number of hydrogen-bond acceptors (Lipinski definition) is 12. The van der Waals surface area contributed by atoms with Crippen molar-refractivity contribution in [2.24, 2.45) is 0 Å². The quantitative estimate of drug-likeness (QED) is 0.213. The van der Waals surface area contributed by atoms with Crippen LogP contribution in [0.3, 0.4) is 0 Å². The highest BCUT2D eigenvalue weighted by molar-refractivity contribution is 5.00. The van der Waals surface area contributed by atoms with Crippen molar-refractivity contribution in [2.45, 2.75) is 61.3 Å². The second-order valence-electron chi connectivity index (χ2n) is 7.28. The van der Waals surface area contributed by atoms with E-state index >= 15 is 0 Å². The molecule has 10 atom stereocenters. The van der Waals surface area contributed by atoms with Gasteiger partial charge in [-0.25, -0.2) is 9.36 Å². The van der Waals surface area contributed by atoms with E-state index in [2.05, 4.69) is 0 Å². The first-order valence-corrected chi connectivity index (χ1v) is 9.19. The third-order valence-electron chi connectivity index (χ3n) is 5.37. The molecule has 3 rings (SSSR count). The minimum Gasteiger partial charge on any atom is -0.394 e. The molecule has 31 heavy (non-hydrogen) atoms. The summed E-state index contributed by atoms with van der Waals surface area (Å²) in [6.45, 7) is -1.72. The van der Waals surface area contributed by atoms with Crippen molar-refractivity contribution < 1.29 is 54.7 Å². The second kappa shape index (κ2) is 8.99. The number of nitrogens with zero attached hydrogens (tertiary/aromatic N) is 2. The van der Waals surface area contributed by atoms with E-state index in [-0.39, 0.29) is 4.57 Å². The minimum atomic E-state index is -2.10. The van der Waals surface area contributed by atoms with E-state index in [1.807, 2.05) is 0 Å². The maximum absolute atomic E-state index is 14.4. The zero-order chi connectivity index (χ0) is 23.2. The third kappa shape index (κ3) is 3.93. The van der Waals surface area contributed by atoms with Gasteiger partial charge >= 0.3 is 5.69 Å². The smallest absolute Gasteiger partial charge is 0.335 e. The molecule has 2 aliphatic rings. The van der Waals surface area contributed by atoms with Gasteiger partial charge < -0.3 is 50.3 Å². The number of rotatable bonds is 4. The summed E-state index contributed by atoms with van der Waals surface area (Å²) in [6, 6.07) is 0. The third-order valence-corrected chi connectivity index (χ3v) is 5.37. The summed E-state index contributed by atoms with van der Waals surface area (Å²) < 4.78 is 25.1. The number of aliphatic hydroxyl groups excluding tert-OH is 8. The Labute approximate surface area is 172 Å². The molecule has 14 nitrogen and oxygen atoms in total. The predicted octanol–water partition coefficient (Wildman–Crippen LogP) is -5.91. The van der Waals surface area contributed by atoms with Gasteiger partial charge in [-0.3, -0.25) is 9.36 Å². The molecule has 0 radical (unpaired) electrons. The SMILES string of the molecule is O=c1c(F)cn([C@@H]2O[C@H](CO)[C@H](O)[C@H](O)[C@H]2O)c(=O)n1[C@@H]1O[C@H](CO)[C@H](O)[C@H](O)[C@H]1O. The van der Waals surface area contributed by atoms with E-state index in [0.717, 1.165) is 0 Å². The molecule has 0 bridgehead atoms. The number of aliphatic hydroxyl groups is 8. The van der Waals surface area contributed by atoms with Gasteiger partial charge in [0.25, 0.3) is 5.56 Å². The molecule has 1 aromatic heterocycles. The molecule has 1 aromatic rings. The van der Waals surface area contributed by atoms with E-state index in [4.69, 9.17) is 9.47 Å². The maximum atomic E-state index is 14.4. The fourth-order valence-corrected chi connectivity index (χ4v) is 3.57. The predicted molar refractivity (Wildman–Crippen MR) is 93.0 cm³/mol. The first-order valence-electron chi connectivity index (χ1n) is 9.19. The summed E-state index contributed by atoms with van der Waals surface area (Å²) >= 11 is 0. The van der Waals surface area contributed by atoms with E-state index in [0.29, 0.717) is 10.8 Å². The largest absolute Gasteiger partial charge is 0.394 e. The van der Waals surface area contributed by atoms with Crippen LogP contribution in [0.4, 0.5) is 4.39 Å². The molecule has 0 amide bonds. The lowest BCUT2D eigenvalue weighted by Crippen LogP contribution is -2.61. The molecule has 2 fully saturated rings. The molecule has 0 saturated carbocycles. The second-order valence-corrected chi connectivity index (χ2v) is 7.28. The van der Waals surface area contributed by atoms with Crippen molar-refractivity contribution in [3.8, 4) is 0 Å². The van der Waals surface area contributed by atoms with Gasteiger partial charge in [0.2, 0.25) is 5.82 Å². The summed E-state index contributed by atoms with van der Waals surface area (Å²) in [6.07, 6.45) is -18.1. The van der Waals surface area contributed by atoms with E-state index < -0.39 is 91.6 Å². The lowest BCUT2D eigenvalue weighted by molar-refractivity contribution is -0.258. The zero-order valence-corrected chi connectivity index (χ0v) is 15.7. The Morgan fingerprint density at radius 2 is 1.23 bits per heavy atom. The Morgan fingerprint density at radius 1 is 0.774 bits per heavy atom. The molecular weight excluding hydrogens is 431 g/mol. The van der Waals surface area contributed by atoms with Gasteiger partial charge in [-0.2, -0.15) is 4.39 Å². The lowest BCUT2D eigenvalue weighted by atomic mass is 9.98. The van der Waals surface area contributed by atoms with Crippen molar-refractivity contribution >= 4 is 0 Å². The van der Waals surface area contributed by atoms with Crippen LogP contribution in [-0.4, -0.2) is 112 Å². The van der Waals surface area contributed by atoms with Gasteiger partial charge in [0.05, 0.1) is 19.4 Å². The Kier molecular flexibility index (Phi) is 6.92. The van der Waals surface area contributed by atoms with Crippen LogP contribution in [0.15, 0.2) is 15.8 Å². The first-order chi connectivity index (χ1) is 14.5. The molecule has 15 heteroatoms. The summed E-state index contributed by atoms with van der Waals surface area (Å²) in [5, 5.41) is 78.5. The molecule has 0 spiro atoms. The fraction of sp³-hybridized carbons (Fsp3) is 0.750. The van der Waals surface area contributed by atoms with E-state index in [1.54, 1.807) is 0 Å². The number of halogens is 1. The molecule has 0 aliphatic carbocycles. The Balaban J connectivity index is 2.11. The van der Waals surface area contributed by atoms with Crippen molar-refractivity contribution in [3.05, 3.63) is 32.9 Å². The average Bonchev–Trinajstić information content (AvgIpc) is 2.75. The van der Waals surface area contributed by atoms with Crippen LogP contribution >= 0.6 is 0 Å². The normalized spacial score (nSPS) is 41.3. The minimum absolute atomic E-state index is 0.0409. The fourth-order valence-electron chi connectivity index (χ4n) is 3.57. The van der Waals surface area contributed by atoms with Crippen LogP contribution < -0.4 is 11.2 Å². The number of aromatic nitrogens is 2. The van der Waals surface area contributed by atoms with Gasteiger partial charge in [0, 0.05) is 0 Å². The summed E-state index contributed by atoms with van der Waals surface area (Å²) in [4.78, 5) is 25.3. The summed E-state index contributed by atoms with van der Waals surface area (Å²) in [5.41, 5.74) is -3.03. The van der Waals surface area contributed by atoms with Crippen LogP contribution in [0.2, 0.25) is 0 Å². The highest BCUT2D eigenvalue weighted by atomic mass is 19.1. The Morgan fingerprint density at radius 3 is 1.71 bits per heavy atom. The van der Waals surface area contributed by atoms with Gasteiger partial charge in [-0.1, -0.05) is 0 Å². The van der Waals surface area contributed by atoms with Crippen molar-refractivity contribution in [3.63, 3.8) is 0 Å². The lowest BCUT2D eigenvalue weighted by Gasteiger charge is -2.42. The van der Waals surface area contributed by atoms with Crippen molar-refractivity contribution in [1.29, 1.82) is 0 Å². The molecular formula is C16H23FN2O12. The van der Waals surface area contributed by atoms with Crippen molar-refractivity contribution in [2.75, 3.05) is 13.2 Å². The highest BCUT2D eigenvalue weighted by Gasteiger charge is 2.47. The zero-order valence-electron chi connectivity index (χ0n) is 15.7. The number of hydrogen-bond donors (Lipinski definition) is 8. The maximum Gasteiger partial charge on any atom is 0.335 e. The summed E-state index contributed by atoms with van der Waals surface area (Å²) in [7, 11) is 0. The average molecular weight is 454 g/mol. The van der Waals surface area contributed by atoms with Gasteiger partial charge in [-0.15, -0.1) is 0 Å². The van der Waals surface area contributed by atoms with E-state index in [9.17, 15) is 54.8 Å². The molecule has 0 aromatic carbocycles. The molecule has 8 N–H and O–H groups in total. The van der Waals surface area contributed by atoms with Crippen LogP contribution in [0.25, 0.3) is 0 Å². The van der Waals surface area contributed by atoms with Crippen LogP contribution in [0.1, 0.15) is 12.5 Å². The van der Waals surface area contributed by atoms with Crippen molar-refractivity contribution in [1.82, 2.24) is 9.13 Å². The van der Waals surface area contributed by atoms with Crippen LogP contribution in [0.5, 0.6) is 0 Å². The first kappa shape index (κ1) is 23.9. The van der Waals surface area contributed by atoms with E-state index in [1.165, 1.54) is 0 Å². The molecule has 2 aliphatic heterocycles. The topological polar surface area (TPSA) is 224 Å². The Bertz CT molecular complexity index is 904.